The van der Waals surface area contributed by atoms with E-state index in [1.807, 2.05) is 6.07 Å². The number of amides is 3. The summed E-state index contributed by atoms with van der Waals surface area (Å²) in [4.78, 5) is 39.6. The molecular weight excluding hydrogens is 362 g/mol. The number of nitrogens with one attached hydrogen (secondary N) is 1. The highest BCUT2D eigenvalue weighted by atomic mass is 35.5. The number of carbonyl (C=O) groups is 3. The molecule has 1 heterocycles. The summed E-state index contributed by atoms with van der Waals surface area (Å²) in [6.45, 7) is 4.64. The van der Waals surface area contributed by atoms with E-state index in [2.05, 4.69) is 12.2 Å². The lowest BCUT2D eigenvalue weighted by atomic mass is 10.2. The number of halogens is 1. The third-order valence-corrected chi connectivity index (χ3v) is 4.68. The van der Waals surface area contributed by atoms with Gasteiger partial charge in [-0.2, -0.15) is 0 Å². The molecule has 1 fully saturated rings. The Kier molecular flexibility index (Phi) is 9.37. The van der Waals surface area contributed by atoms with E-state index in [1.165, 1.54) is 0 Å². The van der Waals surface area contributed by atoms with Crippen molar-refractivity contribution in [3.05, 3.63) is 35.9 Å². The molecule has 1 aromatic carbocycles. The van der Waals surface area contributed by atoms with Crippen LogP contribution in [0.3, 0.4) is 0 Å². The second kappa shape index (κ2) is 11.0. The number of hydrogen-bond donors (Lipinski definition) is 1. The molecule has 2 rings (SSSR count). The highest BCUT2D eigenvalue weighted by Crippen LogP contribution is 2.17. The van der Waals surface area contributed by atoms with Crippen LogP contribution in [0.1, 0.15) is 30.1 Å². The first-order valence-electron chi connectivity index (χ1n) is 8.20. The van der Waals surface area contributed by atoms with Gasteiger partial charge in [-0.15, -0.1) is 12.4 Å². The van der Waals surface area contributed by atoms with Crippen LogP contribution in [-0.2, 0) is 0 Å². The highest BCUT2D eigenvalue weighted by molar-refractivity contribution is 8.26. The van der Waals surface area contributed by atoms with Gasteiger partial charge in [-0.1, -0.05) is 43.7 Å². The van der Waals surface area contributed by atoms with Crippen LogP contribution in [0.15, 0.2) is 30.3 Å². The summed E-state index contributed by atoms with van der Waals surface area (Å²) in [7, 11) is 0. The maximum Gasteiger partial charge on any atom is 0.317 e. The SMILES string of the molecule is CCCCNC(=O)N1CCN(C(=O)SC(=O)c2ccccc2)CC1.Cl. The summed E-state index contributed by atoms with van der Waals surface area (Å²) in [5, 5.41) is 2.37. The normalized spacial score (nSPS) is 13.8. The molecule has 0 saturated carbocycles. The zero-order chi connectivity index (χ0) is 17.4. The molecule has 1 saturated heterocycles. The first-order chi connectivity index (χ1) is 11.6. The number of carbonyl (C=O) groups excluding carboxylic acids is 3. The van der Waals surface area contributed by atoms with Gasteiger partial charge in [0.15, 0.2) is 0 Å². The van der Waals surface area contributed by atoms with Crippen molar-refractivity contribution in [1.29, 1.82) is 0 Å². The molecule has 1 aliphatic heterocycles. The smallest absolute Gasteiger partial charge is 0.317 e. The zero-order valence-electron chi connectivity index (χ0n) is 14.3. The van der Waals surface area contributed by atoms with Gasteiger partial charge in [-0.05, 0) is 6.42 Å². The fourth-order valence-corrected chi connectivity index (χ4v) is 3.08. The Morgan fingerprint density at radius 2 is 1.64 bits per heavy atom. The molecule has 0 aromatic heterocycles. The Morgan fingerprint density at radius 1 is 1.04 bits per heavy atom. The molecule has 3 amide bonds. The monoisotopic (exact) mass is 385 g/mol. The molecule has 8 heteroatoms. The molecule has 6 nitrogen and oxygen atoms in total. The average molecular weight is 386 g/mol. The number of unbranched alkanes of at least 4 members (excludes halogenated alkanes) is 1. The van der Waals surface area contributed by atoms with E-state index in [1.54, 1.807) is 34.1 Å². The maximum absolute atomic E-state index is 12.2. The standard InChI is InChI=1S/C17H23N3O3S.ClH/c1-2-3-9-18-16(22)19-10-12-20(13-11-19)17(23)24-15(21)14-7-5-4-6-8-14;/h4-8H,2-3,9-13H2,1H3,(H,18,22);1H. The van der Waals surface area contributed by atoms with Crippen molar-refractivity contribution in [2.24, 2.45) is 0 Å². The fraction of sp³-hybridized carbons (Fsp3) is 0.471. The van der Waals surface area contributed by atoms with E-state index in [-0.39, 0.29) is 28.8 Å². The number of urea groups is 1. The number of rotatable bonds is 4. The second-order valence-electron chi connectivity index (χ2n) is 5.58. The average Bonchev–Trinajstić information content (AvgIpc) is 2.62. The summed E-state index contributed by atoms with van der Waals surface area (Å²) in [6.07, 6.45) is 2.00. The van der Waals surface area contributed by atoms with Crippen LogP contribution in [0.25, 0.3) is 0 Å². The summed E-state index contributed by atoms with van der Waals surface area (Å²) in [6, 6.07) is 8.68. The lowest BCUT2D eigenvalue weighted by Crippen LogP contribution is -2.52. The molecule has 1 aliphatic rings. The summed E-state index contributed by atoms with van der Waals surface area (Å²) in [5.41, 5.74) is 0.518. The Morgan fingerprint density at radius 3 is 2.24 bits per heavy atom. The Hall–Kier alpha value is -1.73. The van der Waals surface area contributed by atoms with E-state index >= 15 is 0 Å². The molecule has 0 bridgehead atoms. The molecule has 0 atom stereocenters. The van der Waals surface area contributed by atoms with Crippen LogP contribution >= 0.6 is 24.2 Å². The number of thioether (sulfide) groups is 1. The number of nitrogens with zero attached hydrogens (tertiary/aromatic N) is 2. The van der Waals surface area contributed by atoms with Crippen LogP contribution in [0.2, 0.25) is 0 Å². The van der Waals surface area contributed by atoms with E-state index in [9.17, 15) is 14.4 Å². The van der Waals surface area contributed by atoms with Gasteiger partial charge in [0.2, 0.25) is 5.12 Å². The lowest BCUT2D eigenvalue weighted by Gasteiger charge is -2.34. The fourth-order valence-electron chi connectivity index (χ4n) is 2.35. The summed E-state index contributed by atoms with van der Waals surface area (Å²) in [5.74, 6) is 0. The van der Waals surface area contributed by atoms with Gasteiger partial charge < -0.3 is 15.1 Å². The molecule has 0 radical (unpaired) electrons. The molecule has 0 aliphatic carbocycles. The lowest BCUT2D eigenvalue weighted by molar-refractivity contribution is 0.108. The predicted molar refractivity (Wildman–Crippen MR) is 102 cm³/mol. The minimum absolute atomic E-state index is 0. The van der Waals surface area contributed by atoms with Crippen molar-refractivity contribution in [3.63, 3.8) is 0 Å². The molecule has 0 spiro atoms. The Bertz CT molecular complexity index is 578. The van der Waals surface area contributed by atoms with Crippen molar-refractivity contribution in [2.75, 3.05) is 32.7 Å². The first kappa shape index (κ1) is 21.3. The van der Waals surface area contributed by atoms with Crippen molar-refractivity contribution >= 4 is 40.6 Å². The van der Waals surface area contributed by atoms with Crippen LogP contribution < -0.4 is 5.32 Å². The minimum atomic E-state index is -0.255. The molecule has 1 N–H and O–H groups in total. The minimum Gasteiger partial charge on any atom is -0.338 e. The largest absolute Gasteiger partial charge is 0.338 e. The van der Waals surface area contributed by atoms with E-state index in [0.29, 0.717) is 50.0 Å². The third kappa shape index (κ3) is 6.59. The van der Waals surface area contributed by atoms with Gasteiger partial charge >= 0.3 is 6.03 Å². The Labute approximate surface area is 158 Å². The van der Waals surface area contributed by atoms with Crippen molar-refractivity contribution < 1.29 is 14.4 Å². The topological polar surface area (TPSA) is 69.7 Å². The van der Waals surface area contributed by atoms with E-state index < -0.39 is 0 Å². The quantitative estimate of drug-likeness (QED) is 0.808. The molecule has 25 heavy (non-hydrogen) atoms. The van der Waals surface area contributed by atoms with Gasteiger partial charge in [-0.3, -0.25) is 9.59 Å². The predicted octanol–water partition coefficient (Wildman–Crippen LogP) is 3.23. The number of benzene rings is 1. The Balaban J connectivity index is 0.00000312. The van der Waals surface area contributed by atoms with E-state index in [4.69, 9.17) is 0 Å². The molecule has 0 unspecified atom stereocenters. The third-order valence-electron chi connectivity index (χ3n) is 3.82. The van der Waals surface area contributed by atoms with Crippen LogP contribution in [0, 0.1) is 0 Å². The van der Waals surface area contributed by atoms with Gasteiger partial charge in [-0.25, -0.2) is 4.79 Å². The number of hydrogen-bond acceptors (Lipinski definition) is 4. The van der Waals surface area contributed by atoms with Crippen molar-refractivity contribution in [3.8, 4) is 0 Å². The van der Waals surface area contributed by atoms with E-state index in [0.717, 1.165) is 12.8 Å². The molecule has 1 aromatic rings. The summed E-state index contributed by atoms with van der Waals surface area (Å²) < 4.78 is 0. The van der Waals surface area contributed by atoms with Gasteiger partial charge in [0.1, 0.15) is 0 Å². The maximum atomic E-state index is 12.2. The zero-order valence-corrected chi connectivity index (χ0v) is 15.9. The van der Waals surface area contributed by atoms with Crippen LogP contribution in [-0.4, -0.2) is 58.9 Å². The number of piperazine rings is 1. The van der Waals surface area contributed by atoms with Gasteiger partial charge in [0, 0.05) is 50.0 Å². The van der Waals surface area contributed by atoms with Crippen molar-refractivity contribution in [1.82, 2.24) is 15.1 Å². The van der Waals surface area contributed by atoms with Crippen LogP contribution in [0.4, 0.5) is 9.59 Å². The van der Waals surface area contributed by atoms with Crippen molar-refractivity contribution in [2.45, 2.75) is 19.8 Å². The first-order valence-corrected chi connectivity index (χ1v) is 9.02. The van der Waals surface area contributed by atoms with Gasteiger partial charge in [0.05, 0.1) is 0 Å². The molecular formula is C17H24ClN3O3S. The van der Waals surface area contributed by atoms with Crippen LogP contribution in [0.5, 0.6) is 0 Å². The molecule has 138 valence electrons. The second-order valence-corrected chi connectivity index (χ2v) is 6.51. The van der Waals surface area contributed by atoms with Gasteiger partial charge in [0.25, 0.3) is 5.24 Å². The highest BCUT2D eigenvalue weighted by Gasteiger charge is 2.25. The summed E-state index contributed by atoms with van der Waals surface area (Å²) >= 11 is 0.715.